The van der Waals surface area contributed by atoms with E-state index < -0.39 is 0 Å². The van der Waals surface area contributed by atoms with Crippen LogP contribution in [-0.2, 0) is 0 Å². The van der Waals surface area contributed by atoms with Gasteiger partial charge in [0, 0.05) is 18.5 Å². The number of benzene rings is 1. The van der Waals surface area contributed by atoms with E-state index in [-0.39, 0.29) is 0 Å². The fourth-order valence-electron chi connectivity index (χ4n) is 2.17. The van der Waals surface area contributed by atoms with E-state index in [1.54, 1.807) is 0 Å². The van der Waals surface area contributed by atoms with Crippen molar-refractivity contribution in [2.75, 3.05) is 0 Å². The van der Waals surface area contributed by atoms with Crippen LogP contribution in [0.1, 0.15) is 49.4 Å². The summed E-state index contributed by atoms with van der Waals surface area (Å²) in [7, 11) is 0. The Labute approximate surface area is 106 Å². The van der Waals surface area contributed by atoms with Gasteiger partial charge < -0.3 is 5.32 Å². The average Bonchev–Trinajstić information content (AvgIpc) is 2.27. The molecule has 17 heavy (non-hydrogen) atoms. The molecule has 0 fully saturated rings. The van der Waals surface area contributed by atoms with Crippen molar-refractivity contribution < 1.29 is 0 Å². The van der Waals surface area contributed by atoms with Gasteiger partial charge >= 0.3 is 0 Å². The van der Waals surface area contributed by atoms with E-state index in [0.29, 0.717) is 12.1 Å². The molecule has 0 aliphatic heterocycles. The molecule has 1 heteroatoms. The predicted octanol–water partition coefficient (Wildman–Crippen LogP) is 3.76. The Kier molecular flexibility index (Phi) is 5.25. The second-order valence-electron chi connectivity index (χ2n) is 4.82. The molecule has 1 aromatic carbocycles. The minimum absolute atomic E-state index is 0.354. The summed E-state index contributed by atoms with van der Waals surface area (Å²) in [5.41, 5.74) is 3.98. The summed E-state index contributed by atoms with van der Waals surface area (Å²) in [5, 5.41) is 3.60. The Morgan fingerprint density at radius 1 is 1.24 bits per heavy atom. The Morgan fingerprint density at radius 2 is 1.82 bits per heavy atom. The van der Waals surface area contributed by atoms with Crippen molar-refractivity contribution in [1.82, 2.24) is 5.32 Å². The smallest absolute Gasteiger partial charge is 0.0294 e. The van der Waals surface area contributed by atoms with Crippen molar-refractivity contribution in [2.45, 2.75) is 52.6 Å². The molecule has 92 valence electrons. The van der Waals surface area contributed by atoms with Crippen LogP contribution in [0.15, 0.2) is 18.2 Å². The zero-order chi connectivity index (χ0) is 12.8. The van der Waals surface area contributed by atoms with Crippen LogP contribution in [0, 0.1) is 26.2 Å². The van der Waals surface area contributed by atoms with Gasteiger partial charge in [-0.15, -0.1) is 12.3 Å². The highest BCUT2D eigenvalue weighted by molar-refractivity contribution is 5.30. The van der Waals surface area contributed by atoms with Crippen molar-refractivity contribution in [3.05, 3.63) is 34.9 Å². The highest BCUT2D eigenvalue weighted by Crippen LogP contribution is 2.18. The third-order valence-corrected chi connectivity index (χ3v) is 3.09. The summed E-state index contributed by atoms with van der Waals surface area (Å²) in [4.78, 5) is 0. The van der Waals surface area contributed by atoms with Crippen molar-refractivity contribution >= 4 is 0 Å². The van der Waals surface area contributed by atoms with Crippen molar-refractivity contribution in [2.24, 2.45) is 0 Å². The molecule has 0 heterocycles. The van der Waals surface area contributed by atoms with Gasteiger partial charge in [0.05, 0.1) is 0 Å². The molecule has 1 nitrogen and oxygen atoms in total. The number of nitrogens with one attached hydrogen (secondary N) is 1. The van der Waals surface area contributed by atoms with Gasteiger partial charge in [-0.25, -0.2) is 0 Å². The summed E-state index contributed by atoms with van der Waals surface area (Å²) >= 11 is 0. The Balaban J connectivity index is 2.75. The summed E-state index contributed by atoms with van der Waals surface area (Å²) in [6.07, 6.45) is 7.24. The van der Waals surface area contributed by atoms with Gasteiger partial charge in [0.1, 0.15) is 0 Å². The first-order valence-corrected chi connectivity index (χ1v) is 6.34. The van der Waals surface area contributed by atoms with Crippen LogP contribution >= 0.6 is 0 Å². The van der Waals surface area contributed by atoms with Crippen LogP contribution < -0.4 is 5.32 Å². The molecule has 0 bridgehead atoms. The highest BCUT2D eigenvalue weighted by atomic mass is 14.9. The predicted molar refractivity (Wildman–Crippen MR) is 75.0 cm³/mol. The molecule has 0 radical (unpaired) electrons. The summed E-state index contributed by atoms with van der Waals surface area (Å²) in [6.45, 7) is 8.65. The van der Waals surface area contributed by atoms with Crippen LogP contribution in [-0.4, -0.2) is 6.04 Å². The van der Waals surface area contributed by atoms with Crippen molar-refractivity contribution in [1.29, 1.82) is 0 Å². The molecule has 1 rings (SSSR count). The first-order valence-electron chi connectivity index (χ1n) is 6.34. The maximum atomic E-state index is 5.38. The molecular formula is C16H23N. The molecule has 2 unspecified atom stereocenters. The van der Waals surface area contributed by atoms with Gasteiger partial charge in [0.2, 0.25) is 0 Å². The molecule has 1 aromatic rings. The first-order chi connectivity index (χ1) is 8.06. The average molecular weight is 229 g/mol. The van der Waals surface area contributed by atoms with Crippen molar-refractivity contribution in [3.63, 3.8) is 0 Å². The molecule has 0 aromatic heterocycles. The highest BCUT2D eigenvalue weighted by Gasteiger charge is 2.11. The molecule has 0 aliphatic carbocycles. The summed E-state index contributed by atoms with van der Waals surface area (Å²) < 4.78 is 0. The number of rotatable bonds is 5. The van der Waals surface area contributed by atoms with Gasteiger partial charge in [-0.2, -0.15) is 0 Å². The van der Waals surface area contributed by atoms with E-state index in [2.05, 4.69) is 57.1 Å². The molecular weight excluding hydrogens is 206 g/mol. The Morgan fingerprint density at radius 3 is 2.29 bits per heavy atom. The van der Waals surface area contributed by atoms with Crippen LogP contribution in [0.25, 0.3) is 0 Å². The lowest BCUT2D eigenvalue weighted by Gasteiger charge is -2.21. The molecule has 0 spiro atoms. The fourth-order valence-corrected chi connectivity index (χ4v) is 2.17. The van der Waals surface area contributed by atoms with Gasteiger partial charge in [-0.05, 0) is 32.8 Å². The number of aryl methyl sites for hydroxylation is 2. The van der Waals surface area contributed by atoms with Crippen LogP contribution in [0.3, 0.4) is 0 Å². The SMILES string of the molecule is C#CCC(CC)NC(C)c1cc(C)cc(C)c1. The van der Waals surface area contributed by atoms with E-state index >= 15 is 0 Å². The van der Waals surface area contributed by atoms with Gasteiger partial charge in [-0.3, -0.25) is 0 Å². The molecule has 0 saturated carbocycles. The van der Waals surface area contributed by atoms with Crippen LogP contribution in [0.5, 0.6) is 0 Å². The first kappa shape index (κ1) is 13.8. The number of hydrogen-bond acceptors (Lipinski definition) is 1. The monoisotopic (exact) mass is 229 g/mol. The lowest BCUT2D eigenvalue weighted by molar-refractivity contribution is 0.449. The quantitative estimate of drug-likeness (QED) is 0.758. The third-order valence-electron chi connectivity index (χ3n) is 3.09. The second-order valence-corrected chi connectivity index (χ2v) is 4.82. The zero-order valence-corrected chi connectivity index (χ0v) is 11.4. The molecule has 0 saturated heterocycles. The van der Waals surface area contributed by atoms with E-state index in [1.807, 2.05) is 0 Å². The zero-order valence-electron chi connectivity index (χ0n) is 11.4. The molecule has 0 aliphatic rings. The van der Waals surface area contributed by atoms with E-state index in [0.717, 1.165) is 12.8 Å². The maximum Gasteiger partial charge on any atom is 0.0294 e. The van der Waals surface area contributed by atoms with Crippen molar-refractivity contribution in [3.8, 4) is 12.3 Å². The summed E-state index contributed by atoms with van der Waals surface area (Å²) in [6, 6.07) is 7.46. The number of hydrogen-bond donors (Lipinski definition) is 1. The minimum atomic E-state index is 0.354. The van der Waals surface area contributed by atoms with Crippen LogP contribution in [0.4, 0.5) is 0 Å². The van der Waals surface area contributed by atoms with E-state index in [9.17, 15) is 0 Å². The normalized spacial score (nSPS) is 14.1. The van der Waals surface area contributed by atoms with E-state index in [1.165, 1.54) is 16.7 Å². The van der Waals surface area contributed by atoms with Gasteiger partial charge in [-0.1, -0.05) is 36.2 Å². The maximum absolute atomic E-state index is 5.38. The molecule has 1 N–H and O–H groups in total. The van der Waals surface area contributed by atoms with Gasteiger partial charge in [0.15, 0.2) is 0 Å². The Hall–Kier alpha value is -1.26. The molecule has 2 atom stereocenters. The second kappa shape index (κ2) is 6.47. The van der Waals surface area contributed by atoms with Crippen LogP contribution in [0.2, 0.25) is 0 Å². The topological polar surface area (TPSA) is 12.0 Å². The molecule has 0 amide bonds. The van der Waals surface area contributed by atoms with E-state index in [4.69, 9.17) is 6.42 Å². The standard InChI is InChI=1S/C16H23N/c1-6-8-16(7-2)17-14(5)15-10-12(3)9-13(4)11-15/h1,9-11,14,16-17H,7-8H2,2-5H3. The van der Waals surface area contributed by atoms with Gasteiger partial charge in [0.25, 0.3) is 0 Å². The third kappa shape index (κ3) is 4.24. The Bertz CT molecular complexity index is 380. The lowest BCUT2D eigenvalue weighted by atomic mass is 10.0. The minimum Gasteiger partial charge on any atom is -0.307 e. The fraction of sp³-hybridized carbons (Fsp3) is 0.500. The summed E-state index contributed by atoms with van der Waals surface area (Å²) in [5.74, 6) is 2.74. The number of terminal acetylenes is 1. The largest absolute Gasteiger partial charge is 0.307 e. The lowest BCUT2D eigenvalue weighted by Crippen LogP contribution is -2.30.